The third kappa shape index (κ3) is 4.48. The highest BCUT2D eigenvalue weighted by atomic mass is 16.5. The molecule has 0 radical (unpaired) electrons. The van der Waals surface area contributed by atoms with Crippen LogP contribution in [0.3, 0.4) is 0 Å². The first-order valence-electron chi connectivity index (χ1n) is 7.92. The van der Waals surface area contributed by atoms with Crippen molar-refractivity contribution in [3.63, 3.8) is 0 Å². The van der Waals surface area contributed by atoms with Crippen LogP contribution in [0.15, 0.2) is 17.1 Å². The minimum absolute atomic E-state index is 0.417. The van der Waals surface area contributed by atoms with Gasteiger partial charge in [0, 0.05) is 19.0 Å². The molecule has 0 saturated heterocycles. The maximum absolute atomic E-state index is 6.00. The molecule has 0 aromatic heterocycles. The maximum atomic E-state index is 6.00. The van der Waals surface area contributed by atoms with Crippen LogP contribution in [0.2, 0.25) is 0 Å². The van der Waals surface area contributed by atoms with Crippen LogP contribution in [0.1, 0.15) is 44.2 Å². The molecule has 1 aliphatic rings. The van der Waals surface area contributed by atoms with E-state index in [-0.39, 0.29) is 0 Å². The van der Waals surface area contributed by atoms with Gasteiger partial charge in [-0.2, -0.15) is 0 Å². The van der Waals surface area contributed by atoms with Gasteiger partial charge < -0.3 is 9.64 Å². The molecule has 1 saturated carbocycles. The van der Waals surface area contributed by atoms with E-state index in [2.05, 4.69) is 56.8 Å². The van der Waals surface area contributed by atoms with Crippen LogP contribution in [-0.2, 0) is 0 Å². The average Bonchev–Trinajstić information content (AvgIpc) is 3.16. The highest BCUT2D eigenvalue weighted by Gasteiger charge is 2.38. The van der Waals surface area contributed by atoms with Crippen LogP contribution < -0.4 is 4.74 Å². The van der Waals surface area contributed by atoms with E-state index in [9.17, 15) is 0 Å². The second-order valence-corrected chi connectivity index (χ2v) is 6.73. The fourth-order valence-electron chi connectivity index (χ4n) is 2.25. The molecule has 0 atom stereocenters. The lowest BCUT2D eigenvalue weighted by molar-refractivity contribution is 0.246. The van der Waals surface area contributed by atoms with Crippen LogP contribution in [0.4, 0.5) is 5.69 Å². The number of rotatable bonds is 7. The molecule has 1 aromatic rings. The Morgan fingerprint density at radius 3 is 2.62 bits per heavy atom. The minimum Gasteiger partial charge on any atom is -0.493 e. The standard InChI is InChI=1S/C18H28N2O/c1-6-9-20(5)13-19-16-10-15(3)17(11-14(16)2)21-12-18(4)7-8-18/h10-11,13H,6-9,12H2,1-5H3/b19-13-. The summed E-state index contributed by atoms with van der Waals surface area (Å²) in [5, 5.41) is 0. The van der Waals surface area contributed by atoms with E-state index in [0.717, 1.165) is 42.1 Å². The minimum atomic E-state index is 0.417. The lowest BCUT2D eigenvalue weighted by Gasteiger charge is -2.15. The van der Waals surface area contributed by atoms with E-state index in [4.69, 9.17) is 4.74 Å². The first kappa shape index (κ1) is 15.9. The molecule has 0 amide bonds. The van der Waals surface area contributed by atoms with E-state index in [1.54, 1.807) is 0 Å². The Balaban J connectivity index is 2.05. The Morgan fingerprint density at radius 2 is 2.00 bits per heavy atom. The van der Waals surface area contributed by atoms with Crippen molar-refractivity contribution in [3.05, 3.63) is 23.3 Å². The SMILES string of the molecule is CCCN(C)/C=N\c1cc(C)c(OCC2(C)CC2)cc1C. The zero-order valence-electron chi connectivity index (χ0n) is 14.1. The number of hydrogen-bond acceptors (Lipinski definition) is 2. The van der Waals surface area contributed by atoms with Crippen LogP contribution >= 0.6 is 0 Å². The summed E-state index contributed by atoms with van der Waals surface area (Å²) in [6.45, 7) is 10.5. The lowest BCUT2D eigenvalue weighted by atomic mass is 10.1. The van der Waals surface area contributed by atoms with Crippen molar-refractivity contribution in [1.82, 2.24) is 4.90 Å². The second-order valence-electron chi connectivity index (χ2n) is 6.73. The van der Waals surface area contributed by atoms with Gasteiger partial charge in [0.2, 0.25) is 0 Å². The fraction of sp³-hybridized carbons (Fsp3) is 0.611. The van der Waals surface area contributed by atoms with Crippen molar-refractivity contribution >= 4 is 12.0 Å². The molecule has 1 fully saturated rings. The molecule has 21 heavy (non-hydrogen) atoms. The molecule has 0 N–H and O–H groups in total. The van der Waals surface area contributed by atoms with Crippen molar-refractivity contribution in [1.29, 1.82) is 0 Å². The summed E-state index contributed by atoms with van der Waals surface area (Å²) in [6, 6.07) is 4.24. The Hall–Kier alpha value is -1.51. The molecule has 0 heterocycles. The molecular formula is C18H28N2O. The van der Waals surface area contributed by atoms with Gasteiger partial charge in [0.25, 0.3) is 0 Å². The topological polar surface area (TPSA) is 24.8 Å². The average molecular weight is 288 g/mol. The summed E-state index contributed by atoms with van der Waals surface area (Å²) in [5.41, 5.74) is 3.77. The molecule has 3 heteroatoms. The summed E-state index contributed by atoms with van der Waals surface area (Å²) in [5.74, 6) is 1.00. The van der Waals surface area contributed by atoms with E-state index in [1.807, 2.05) is 6.34 Å². The van der Waals surface area contributed by atoms with Gasteiger partial charge in [0.1, 0.15) is 5.75 Å². The van der Waals surface area contributed by atoms with E-state index in [1.165, 1.54) is 12.8 Å². The first-order valence-corrected chi connectivity index (χ1v) is 7.92. The summed E-state index contributed by atoms with van der Waals surface area (Å²) in [7, 11) is 2.06. The van der Waals surface area contributed by atoms with Crippen molar-refractivity contribution in [2.45, 2.75) is 47.0 Å². The molecule has 0 spiro atoms. The Morgan fingerprint density at radius 1 is 1.29 bits per heavy atom. The van der Waals surface area contributed by atoms with E-state index >= 15 is 0 Å². The predicted octanol–water partition coefficient (Wildman–Crippen LogP) is 4.48. The Bertz CT molecular complexity index is 518. The van der Waals surface area contributed by atoms with Crippen LogP contribution in [0.5, 0.6) is 5.75 Å². The Labute approximate surface area is 129 Å². The molecule has 0 unspecified atom stereocenters. The number of benzene rings is 1. The Kier molecular flexibility index (Phi) is 4.92. The van der Waals surface area contributed by atoms with Crippen molar-refractivity contribution in [2.24, 2.45) is 10.4 Å². The number of hydrogen-bond donors (Lipinski definition) is 0. The zero-order valence-corrected chi connectivity index (χ0v) is 14.1. The van der Waals surface area contributed by atoms with Gasteiger partial charge in [-0.25, -0.2) is 4.99 Å². The normalized spacial score (nSPS) is 16.2. The van der Waals surface area contributed by atoms with Gasteiger partial charge in [-0.15, -0.1) is 0 Å². The molecule has 0 aliphatic heterocycles. The third-order valence-corrected chi connectivity index (χ3v) is 4.14. The molecule has 1 aliphatic carbocycles. The van der Waals surface area contributed by atoms with Gasteiger partial charge in [0.15, 0.2) is 0 Å². The zero-order chi connectivity index (χ0) is 15.5. The van der Waals surface area contributed by atoms with Gasteiger partial charge >= 0.3 is 0 Å². The van der Waals surface area contributed by atoms with Crippen LogP contribution in [0.25, 0.3) is 0 Å². The van der Waals surface area contributed by atoms with Crippen molar-refractivity contribution in [3.8, 4) is 5.75 Å². The van der Waals surface area contributed by atoms with Crippen molar-refractivity contribution in [2.75, 3.05) is 20.2 Å². The molecule has 0 bridgehead atoms. The summed E-state index contributed by atoms with van der Waals surface area (Å²) in [4.78, 5) is 6.71. The highest BCUT2D eigenvalue weighted by Crippen LogP contribution is 2.45. The van der Waals surface area contributed by atoms with E-state index < -0.39 is 0 Å². The van der Waals surface area contributed by atoms with Gasteiger partial charge in [-0.1, -0.05) is 13.8 Å². The van der Waals surface area contributed by atoms with E-state index in [0.29, 0.717) is 5.41 Å². The molecule has 116 valence electrons. The number of aryl methyl sites for hydroxylation is 2. The smallest absolute Gasteiger partial charge is 0.122 e. The molecular weight excluding hydrogens is 260 g/mol. The molecule has 1 aromatic carbocycles. The summed E-state index contributed by atoms with van der Waals surface area (Å²) < 4.78 is 6.00. The quantitative estimate of drug-likeness (QED) is 0.545. The monoisotopic (exact) mass is 288 g/mol. The predicted molar refractivity (Wildman–Crippen MR) is 89.8 cm³/mol. The second kappa shape index (κ2) is 6.50. The molecule has 2 rings (SSSR count). The summed E-state index contributed by atoms with van der Waals surface area (Å²) in [6.07, 6.45) is 5.62. The van der Waals surface area contributed by atoms with Crippen molar-refractivity contribution < 1.29 is 4.74 Å². The lowest BCUT2D eigenvalue weighted by Crippen LogP contribution is -2.16. The maximum Gasteiger partial charge on any atom is 0.122 e. The fourth-order valence-corrected chi connectivity index (χ4v) is 2.25. The number of ether oxygens (including phenoxy) is 1. The number of nitrogens with zero attached hydrogens (tertiary/aromatic N) is 2. The number of aliphatic imine (C=N–C) groups is 1. The van der Waals surface area contributed by atoms with Gasteiger partial charge in [-0.3, -0.25) is 0 Å². The van der Waals surface area contributed by atoms with Crippen LogP contribution in [-0.4, -0.2) is 31.4 Å². The van der Waals surface area contributed by atoms with Gasteiger partial charge in [-0.05, 0) is 56.4 Å². The highest BCUT2D eigenvalue weighted by molar-refractivity contribution is 5.64. The largest absolute Gasteiger partial charge is 0.493 e. The first-order chi connectivity index (χ1) is 9.93. The van der Waals surface area contributed by atoms with Gasteiger partial charge in [0.05, 0.1) is 18.6 Å². The van der Waals surface area contributed by atoms with Crippen LogP contribution in [0, 0.1) is 19.3 Å². The molecule has 3 nitrogen and oxygen atoms in total. The summed E-state index contributed by atoms with van der Waals surface area (Å²) >= 11 is 0. The third-order valence-electron chi connectivity index (χ3n) is 4.14.